The Balaban J connectivity index is 2.27. The van der Waals surface area contributed by atoms with Gasteiger partial charge in [0.25, 0.3) is 5.91 Å². The summed E-state index contributed by atoms with van der Waals surface area (Å²) in [7, 11) is -3.35. The van der Waals surface area contributed by atoms with Crippen molar-refractivity contribution in [3.63, 3.8) is 0 Å². The fourth-order valence-electron chi connectivity index (χ4n) is 2.24. The van der Waals surface area contributed by atoms with Gasteiger partial charge in [-0.15, -0.1) is 0 Å². The number of morpholine rings is 1. The summed E-state index contributed by atoms with van der Waals surface area (Å²) in [6, 6.07) is 5.87. The third-order valence-corrected chi connectivity index (χ3v) is 4.59. The standard InChI is InChI=1S/C14H19NO5S/c1-10-9-20-12(8-16)7-15(10)14(17)11-4-3-5-13(6-11)21(2,18)19/h3-6,10,12,16H,7-9H2,1-2H3. The van der Waals surface area contributed by atoms with Gasteiger partial charge in [0, 0.05) is 18.4 Å². The number of nitrogens with zero attached hydrogens (tertiary/aromatic N) is 1. The van der Waals surface area contributed by atoms with E-state index >= 15 is 0 Å². The summed E-state index contributed by atoms with van der Waals surface area (Å²) in [5.74, 6) is -0.255. The number of hydrogen-bond acceptors (Lipinski definition) is 5. The molecule has 0 saturated carbocycles. The maximum Gasteiger partial charge on any atom is 0.254 e. The maximum absolute atomic E-state index is 12.5. The van der Waals surface area contributed by atoms with E-state index in [0.29, 0.717) is 18.7 Å². The molecule has 1 fully saturated rings. The summed E-state index contributed by atoms with van der Waals surface area (Å²) in [5.41, 5.74) is 0.323. The SMILES string of the molecule is CC1COC(CO)CN1C(=O)c1cccc(S(C)(=O)=O)c1. The van der Waals surface area contributed by atoms with Crippen molar-refractivity contribution >= 4 is 15.7 Å². The molecule has 6 nitrogen and oxygen atoms in total. The van der Waals surface area contributed by atoms with Crippen LogP contribution in [-0.2, 0) is 14.6 Å². The summed E-state index contributed by atoms with van der Waals surface area (Å²) in [6.07, 6.45) is 0.707. The van der Waals surface area contributed by atoms with Crippen molar-refractivity contribution in [1.29, 1.82) is 0 Å². The lowest BCUT2D eigenvalue weighted by molar-refractivity contribution is -0.0667. The summed E-state index contributed by atoms with van der Waals surface area (Å²) in [5, 5.41) is 9.16. The predicted octanol–water partition coefficient (Wildman–Crippen LogP) is 0.312. The highest BCUT2D eigenvalue weighted by molar-refractivity contribution is 7.90. The number of ether oxygens (including phenoxy) is 1. The molecule has 0 bridgehead atoms. The Kier molecular flexibility index (Phi) is 4.65. The lowest BCUT2D eigenvalue weighted by Crippen LogP contribution is -2.52. The Morgan fingerprint density at radius 1 is 1.48 bits per heavy atom. The van der Waals surface area contributed by atoms with Gasteiger partial charge in [0.15, 0.2) is 9.84 Å². The molecule has 2 unspecified atom stereocenters. The Morgan fingerprint density at radius 3 is 2.81 bits per heavy atom. The van der Waals surface area contributed by atoms with Crippen LogP contribution < -0.4 is 0 Å². The number of sulfone groups is 1. The van der Waals surface area contributed by atoms with Crippen LogP contribution >= 0.6 is 0 Å². The van der Waals surface area contributed by atoms with Gasteiger partial charge >= 0.3 is 0 Å². The third-order valence-electron chi connectivity index (χ3n) is 3.48. The first-order valence-corrected chi connectivity index (χ1v) is 8.55. The average Bonchev–Trinajstić information content (AvgIpc) is 2.46. The first kappa shape index (κ1) is 15.9. The van der Waals surface area contributed by atoms with Crippen LogP contribution in [0.3, 0.4) is 0 Å². The molecule has 1 aromatic rings. The number of rotatable bonds is 3. The van der Waals surface area contributed by atoms with E-state index in [9.17, 15) is 13.2 Å². The monoisotopic (exact) mass is 313 g/mol. The van der Waals surface area contributed by atoms with E-state index < -0.39 is 15.9 Å². The Labute approximate surface area is 124 Å². The van der Waals surface area contributed by atoms with Crippen LogP contribution in [-0.4, -0.2) is 62.5 Å². The molecule has 1 aliphatic rings. The second-order valence-electron chi connectivity index (χ2n) is 5.24. The molecule has 0 aromatic heterocycles. The molecule has 1 aromatic carbocycles. The smallest absolute Gasteiger partial charge is 0.254 e. The molecule has 1 saturated heterocycles. The Bertz CT molecular complexity index is 628. The van der Waals surface area contributed by atoms with E-state index in [1.54, 1.807) is 17.0 Å². The van der Waals surface area contributed by atoms with Crippen LogP contribution in [0.4, 0.5) is 0 Å². The largest absolute Gasteiger partial charge is 0.394 e. The first-order chi connectivity index (χ1) is 9.82. The molecule has 0 radical (unpaired) electrons. The van der Waals surface area contributed by atoms with Gasteiger partial charge in [-0.2, -0.15) is 0 Å². The van der Waals surface area contributed by atoms with Gasteiger partial charge in [0.2, 0.25) is 0 Å². The van der Waals surface area contributed by atoms with Crippen molar-refractivity contribution in [1.82, 2.24) is 4.90 Å². The number of benzene rings is 1. The second-order valence-corrected chi connectivity index (χ2v) is 7.26. The van der Waals surface area contributed by atoms with Crippen molar-refractivity contribution in [2.45, 2.75) is 24.0 Å². The number of aliphatic hydroxyl groups excluding tert-OH is 1. The van der Waals surface area contributed by atoms with Crippen LogP contribution in [0.25, 0.3) is 0 Å². The van der Waals surface area contributed by atoms with Crippen LogP contribution in [0.1, 0.15) is 17.3 Å². The quantitative estimate of drug-likeness (QED) is 0.868. The van der Waals surface area contributed by atoms with Gasteiger partial charge in [-0.3, -0.25) is 4.79 Å². The minimum atomic E-state index is -3.35. The van der Waals surface area contributed by atoms with E-state index in [1.165, 1.54) is 12.1 Å². The average molecular weight is 313 g/mol. The Morgan fingerprint density at radius 2 is 2.19 bits per heavy atom. The topological polar surface area (TPSA) is 83.9 Å². The van der Waals surface area contributed by atoms with Crippen LogP contribution in [0.15, 0.2) is 29.2 Å². The minimum absolute atomic E-state index is 0.118. The molecule has 1 amide bonds. The van der Waals surface area contributed by atoms with E-state index in [1.807, 2.05) is 6.92 Å². The molecule has 2 rings (SSSR count). The first-order valence-electron chi connectivity index (χ1n) is 6.66. The summed E-state index contributed by atoms with van der Waals surface area (Å²) < 4.78 is 28.5. The lowest BCUT2D eigenvalue weighted by atomic mass is 10.1. The fraction of sp³-hybridized carbons (Fsp3) is 0.500. The van der Waals surface area contributed by atoms with Gasteiger partial charge in [0.1, 0.15) is 0 Å². The predicted molar refractivity (Wildman–Crippen MR) is 76.9 cm³/mol. The van der Waals surface area contributed by atoms with Gasteiger partial charge in [0.05, 0.1) is 30.3 Å². The van der Waals surface area contributed by atoms with Gasteiger partial charge < -0.3 is 14.7 Å². The van der Waals surface area contributed by atoms with Gasteiger partial charge in [-0.1, -0.05) is 6.07 Å². The summed E-state index contributed by atoms with van der Waals surface area (Å²) in [6.45, 7) is 2.34. The molecule has 1 N–H and O–H groups in total. The van der Waals surface area contributed by atoms with Crippen molar-refractivity contribution < 1.29 is 23.1 Å². The molecular formula is C14H19NO5S. The molecular weight excluding hydrogens is 294 g/mol. The highest BCUT2D eigenvalue weighted by Crippen LogP contribution is 2.18. The van der Waals surface area contributed by atoms with Crippen molar-refractivity contribution in [2.24, 2.45) is 0 Å². The van der Waals surface area contributed by atoms with Crippen molar-refractivity contribution in [3.8, 4) is 0 Å². The zero-order valence-electron chi connectivity index (χ0n) is 12.0. The van der Waals surface area contributed by atoms with Crippen molar-refractivity contribution in [2.75, 3.05) is 26.0 Å². The van der Waals surface area contributed by atoms with E-state index in [-0.39, 0.29) is 23.5 Å². The maximum atomic E-state index is 12.5. The second kappa shape index (κ2) is 6.13. The Hall–Kier alpha value is -1.44. The molecule has 1 heterocycles. The molecule has 2 atom stereocenters. The summed E-state index contributed by atoms with van der Waals surface area (Å²) >= 11 is 0. The molecule has 0 aliphatic carbocycles. The van der Waals surface area contributed by atoms with Crippen LogP contribution in [0, 0.1) is 0 Å². The van der Waals surface area contributed by atoms with Gasteiger partial charge in [-0.25, -0.2) is 8.42 Å². The lowest BCUT2D eigenvalue weighted by Gasteiger charge is -2.37. The number of amides is 1. The third kappa shape index (κ3) is 3.61. The molecule has 21 heavy (non-hydrogen) atoms. The molecule has 1 aliphatic heterocycles. The molecule has 0 spiro atoms. The highest BCUT2D eigenvalue weighted by atomic mass is 32.2. The number of hydrogen-bond donors (Lipinski definition) is 1. The fourth-order valence-corrected chi connectivity index (χ4v) is 2.90. The van der Waals surface area contributed by atoms with E-state index in [2.05, 4.69) is 0 Å². The molecule has 7 heteroatoms. The normalized spacial score (nSPS) is 23.1. The van der Waals surface area contributed by atoms with Gasteiger partial charge in [-0.05, 0) is 25.1 Å². The number of carbonyl (C=O) groups excluding carboxylic acids is 1. The highest BCUT2D eigenvalue weighted by Gasteiger charge is 2.30. The number of carbonyl (C=O) groups is 1. The van der Waals surface area contributed by atoms with Crippen molar-refractivity contribution in [3.05, 3.63) is 29.8 Å². The zero-order valence-corrected chi connectivity index (χ0v) is 12.8. The van der Waals surface area contributed by atoms with E-state index in [0.717, 1.165) is 6.26 Å². The summed E-state index contributed by atoms with van der Waals surface area (Å²) in [4.78, 5) is 14.3. The zero-order chi connectivity index (χ0) is 15.6. The van der Waals surface area contributed by atoms with Crippen LogP contribution in [0.5, 0.6) is 0 Å². The van der Waals surface area contributed by atoms with E-state index in [4.69, 9.17) is 9.84 Å². The number of aliphatic hydroxyl groups is 1. The molecule has 116 valence electrons. The van der Waals surface area contributed by atoms with Crippen LogP contribution in [0.2, 0.25) is 0 Å². The minimum Gasteiger partial charge on any atom is -0.394 e.